The second-order valence-electron chi connectivity index (χ2n) is 6.02. The van der Waals surface area contributed by atoms with Crippen molar-refractivity contribution in [1.82, 2.24) is 25.3 Å². The number of rotatable bonds is 3. The Morgan fingerprint density at radius 3 is 3.04 bits per heavy atom. The van der Waals surface area contributed by atoms with Crippen molar-refractivity contribution < 1.29 is 23.2 Å². The van der Waals surface area contributed by atoms with Gasteiger partial charge in [-0.1, -0.05) is 17.3 Å². The van der Waals surface area contributed by atoms with Crippen molar-refractivity contribution in [3.63, 3.8) is 0 Å². The van der Waals surface area contributed by atoms with E-state index in [-0.39, 0.29) is 48.6 Å². The largest absolute Gasteiger partial charge is 0.447 e. The third-order valence-electron chi connectivity index (χ3n) is 4.38. The molecule has 1 aromatic heterocycles. The van der Waals surface area contributed by atoms with E-state index in [1.165, 1.54) is 6.07 Å². The van der Waals surface area contributed by atoms with Crippen LogP contribution in [0.5, 0.6) is 0 Å². The van der Waals surface area contributed by atoms with Crippen molar-refractivity contribution in [2.75, 3.05) is 26.2 Å². The molecule has 0 unspecified atom stereocenters. The van der Waals surface area contributed by atoms with E-state index in [1.54, 1.807) is 28.0 Å². The minimum absolute atomic E-state index is 0.0284. The van der Waals surface area contributed by atoms with Gasteiger partial charge >= 0.3 is 12.1 Å². The Balaban J connectivity index is 1.34. The lowest BCUT2D eigenvalue weighted by Crippen LogP contribution is -2.55. The first-order valence-corrected chi connectivity index (χ1v) is 8.15. The van der Waals surface area contributed by atoms with Gasteiger partial charge < -0.3 is 19.5 Å². The minimum Gasteiger partial charge on any atom is -0.447 e. The number of nitrogens with zero attached hydrogens (tertiary/aromatic N) is 4. The zero-order valence-electron chi connectivity index (χ0n) is 13.7. The zero-order valence-corrected chi connectivity index (χ0v) is 13.7. The fourth-order valence-electron chi connectivity index (χ4n) is 3.01. The molecule has 3 heterocycles. The molecule has 10 heteroatoms. The summed E-state index contributed by atoms with van der Waals surface area (Å²) < 4.78 is 23.8. The Bertz CT molecular complexity index is 842. The number of halogens is 1. The highest BCUT2D eigenvalue weighted by atomic mass is 19.1. The topological polar surface area (TPSA) is 101 Å². The molecule has 0 bridgehead atoms. The van der Waals surface area contributed by atoms with Crippen LogP contribution in [-0.4, -0.2) is 64.3 Å². The van der Waals surface area contributed by atoms with E-state index in [1.807, 2.05) is 0 Å². The number of nitrogens with one attached hydrogen (secondary N) is 1. The number of amides is 3. The van der Waals surface area contributed by atoms with Gasteiger partial charge in [-0.3, -0.25) is 4.90 Å². The maximum atomic E-state index is 13.7. The Hall–Kier alpha value is -3.17. The van der Waals surface area contributed by atoms with Crippen LogP contribution in [0.25, 0.3) is 11.4 Å². The number of carbonyl (C=O) groups is 2. The molecule has 4 rings (SSSR count). The van der Waals surface area contributed by atoms with E-state index in [0.717, 1.165) is 0 Å². The van der Waals surface area contributed by atoms with Crippen molar-refractivity contribution >= 4 is 12.1 Å². The van der Waals surface area contributed by atoms with E-state index < -0.39 is 5.82 Å². The zero-order chi connectivity index (χ0) is 18.1. The molecule has 9 nitrogen and oxygen atoms in total. The molecule has 0 spiro atoms. The Morgan fingerprint density at radius 1 is 1.35 bits per heavy atom. The van der Waals surface area contributed by atoms with Crippen molar-refractivity contribution in [3.8, 4) is 11.4 Å². The number of hydrogen-bond donors (Lipinski definition) is 1. The molecule has 0 saturated carbocycles. The summed E-state index contributed by atoms with van der Waals surface area (Å²) in [6.45, 7) is 1.58. The van der Waals surface area contributed by atoms with E-state index in [9.17, 15) is 14.0 Å². The third kappa shape index (κ3) is 3.05. The van der Waals surface area contributed by atoms with Crippen LogP contribution in [0.15, 0.2) is 28.8 Å². The maximum absolute atomic E-state index is 13.7. The predicted molar refractivity (Wildman–Crippen MR) is 85.3 cm³/mol. The third-order valence-corrected chi connectivity index (χ3v) is 4.38. The lowest BCUT2D eigenvalue weighted by molar-refractivity contribution is 0.126. The Labute approximate surface area is 147 Å². The highest BCUT2D eigenvalue weighted by Crippen LogP contribution is 2.20. The summed E-state index contributed by atoms with van der Waals surface area (Å²) in [6.07, 6.45) is -0.332. The molecule has 3 amide bonds. The number of aromatic nitrogens is 2. The Kier molecular flexibility index (Phi) is 4.15. The second kappa shape index (κ2) is 6.62. The molecule has 1 atom stereocenters. The van der Waals surface area contributed by atoms with Crippen LogP contribution in [0, 0.1) is 5.82 Å². The van der Waals surface area contributed by atoms with Crippen LogP contribution in [-0.2, 0) is 11.3 Å². The first-order valence-electron chi connectivity index (χ1n) is 8.15. The predicted octanol–water partition coefficient (Wildman–Crippen LogP) is 1.22. The summed E-state index contributed by atoms with van der Waals surface area (Å²) in [5.74, 6) is -0.146. The van der Waals surface area contributed by atoms with Gasteiger partial charge in [0.1, 0.15) is 12.4 Å². The molecule has 2 aliphatic heterocycles. The molecule has 0 aliphatic carbocycles. The van der Waals surface area contributed by atoms with Gasteiger partial charge in [0.25, 0.3) is 0 Å². The smallest absolute Gasteiger partial charge is 0.410 e. The first-order chi connectivity index (χ1) is 12.6. The molecule has 0 radical (unpaired) electrons. The van der Waals surface area contributed by atoms with Crippen LogP contribution >= 0.6 is 0 Å². The molecule has 2 saturated heterocycles. The van der Waals surface area contributed by atoms with Gasteiger partial charge in [0, 0.05) is 19.6 Å². The monoisotopic (exact) mass is 361 g/mol. The van der Waals surface area contributed by atoms with Crippen molar-refractivity contribution in [2.24, 2.45) is 0 Å². The minimum atomic E-state index is -0.449. The molecule has 2 fully saturated rings. The van der Waals surface area contributed by atoms with Gasteiger partial charge in [0.15, 0.2) is 0 Å². The lowest BCUT2D eigenvalue weighted by Gasteiger charge is -2.35. The van der Waals surface area contributed by atoms with Crippen LogP contribution in [0.4, 0.5) is 14.0 Å². The van der Waals surface area contributed by atoms with Gasteiger partial charge in [-0.25, -0.2) is 14.0 Å². The summed E-state index contributed by atoms with van der Waals surface area (Å²) in [5, 5.41) is 6.43. The van der Waals surface area contributed by atoms with Crippen molar-refractivity contribution in [2.45, 2.75) is 12.6 Å². The number of benzene rings is 1. The molecule has 136 valence electrons. The molecule has 26 heavy (non-hydrogen) atoms. The van der Waals surface area contributed by atoms with E-state index in [2.05, 4.69) is 15.5 Å². The van der Waals surface area contributed by atoms with Crippen LogP contribution < -0.4 is 5.32 Å². The number of urea groups is 1. The summed E-state index contributed by atoms with van der Waals surface area (Å²) in [4.78, 5) is 31.1. The maximum Gasteiger partial charge on any atom is 0.410 e. The molecule has 2 aromatic rings. The SMILES string of the molecule is O=C(NCc1nc(-c2ccccc2F)no1)N1CCN2C(=O)OC[C@H]2C1. The number of fused-ring (bicyclic) bond motifs is 1. The number of hydrogen-bond acceptors (Lipinski definition) is 6. The van der Waals surface area contributed by atoms with Gasteiger partial charge in [-0.05, 0) is 12.1 Å². The number of cyclic esters (lactones) is 1. The summed E-state index contributed by atoms with van der Waals surface area (Å²) in [7, 11) is 0. The molecular formula is C16H16FN5O4. The molecule has 2 aliphatic rings. The number of ether oxygens (including phenoxy) is 1. The average Bonchev–Trinajstić information content (AvgIpc) is 3.27. The molecule has 1 N–H and O–H groups in total. The van der Waals surface area contributed by atoms with Gasteiger partial charge in [0.2, 0.25) is 11.7 Å². The first kappa shape index (κ1) is 16.3. The van der Waals surface area contributed by atoms with Gasteiger partial charge in [-0.15, -0.1) is 0 Å². The molecule has 1 aromatic carbocycles. The van der Waals surface area contributed by atoms with Crippen molar-refractivity contribution in [3.05, 3.63) is 36.0 Å². The van der Waals surface area contributed by atoms with E-state index in [4.69, 9.17) is 9.26 Å². The summed E-state index contributed by atoms with van der Waals surface area (Å²) in [6, 6.07) is 5.69. The van der Waals surface area contributed by atoms with E-state index in [0.29, 0.717) is 19.6 Å². The number of piperazine rings is 1. The summed E-state index contributed by atoms with van der Waals surface area (Å²) >= 11 is 0. The van der Waals surface area contributed by atoms with Gasteiger partial charge in [-0.2, -0.15) is 4.98 Å². The normalized spacial score (nSPS) is 19.3. The van der Waals surface area contributed by atoms with Crippen LogP contribution in [0.3, 0.4) is 0 Å². The fraction of sp³-hybridized carbons (Fsp3) is 0.375. The highest BCUT2D eigenvalue weighted by Gasteiger charge is 2.38. The Morgan fingerprint density at radius 2 is 2.19 bits per heavy atom. The fourth-order valence-corrected chi connectivity index (χ4v) is 3.01. The van der Waals surface area contributed by atoms with Crippen LogP contribution in [0.1, 0.15) is 5.89 Å². The number of carbonyl (C=O) groups excluding carboxylic acids is 2. The van der Waals surface area contributed by atoms with E-state index >= 15 is 0 Å². The van der Waals surface area contributed by atoms with Gasteiger partial charge in [0.05, 0.1) is 18.2 Å². The standard InChI is InChI=1S/C16H16FN5O4/c17-12-4-2-1-3-11(12)14-19-13(26-20-14)7-18-15(23)21-5-6-22-10(8-21)9-25-16(22)24/h1-4,10H,5-9H2,(H,18,23)/t10-/m1/s1. The second-order valence-corrected chi connectivity index (χ2v) is 6.02. The average molecular weight is 361 g/mol. The lowest BCUT2D eigenvalue weighted by atomic mass is 10.2. The highest BCUT2D eigenvalue weighted by molar-refractivity contribution is 5.75. The molecular weight excluding hydrogens is 345 g/mol. The summed E-state index contributed by atoms with van der Waals surface area (Å²) in [5.41, 5.74) is 0.232. The van der Waals surface area contributed by atoms with Crippen molar-refractivity contribution in [1.29, 1.82) is 0 Å². The quantitative estimate of drug-likeness (QED) is 0.882. The van der Waals surface area contributed by atoms with Crippen LogP contribution in [0.2, 0.25) is 0 Å².